The van der Waals surface area contributed by atoms with Crippen molar-refractivity contribution in [3.05, 3.63) is 0 Å². The second-order valence-electron chi connectivity index (χ2n) is 3.54. The number of rotatable bonds is 7. The summed E-state index contributed by atoms with van der Waals surface area (Å²) in [6.45, 7) is -0.836. The Morgan fingerprint density at radius 3 is 2.22 bits per heavy atom. The van der Waals surface area contributed by atoms with Gasteiger partial charge in [-0.2, -0.15) is 0 Å². The first-order chi connectivity index (χ1) is 8.23. The van der Waals surface area contributed by atoms with E-state index in [9.17, 15) is 23.2 Å². The SMILES string of the molecule is CN(CC(F)F)C(=O)NC(CCC(=O)O)C(=O)O. The van der Waals surface area contributed by atoms with Crippen molar-refractivity contribution < 1.29 is 33.4 Å². The minimum absolute atomic E-state index is 0.321. The molecule has 0 aromatic rings. The van der Waals surface area contributed by atoms with Crippen LogP contribution in [0.4, 0.5) is 13.6 Å². The molecule has 0 aliphatic rings. The van der Waals surface area contributed by atoms with E-state index in [2.05, 4.69) is 0 Å². The summed E-state index contributed by atoms with van der Waals surface area (Å²) in [5.74, 6) is -2.63. The third-order valence-electron chi connectivity index (χ3n) is 2.00. The van der Waals surface area contributed by atoms with Crippen LogP contribution < -0.4 is 5.32 Å². The molecule has 0 heterocycles. The molecule has 0 fully saturated rings. The molecule has 0 bridgehead atoms. The normalized spacial score (nSPS) is 12.0. The smallest absolute Gasteiger partial charge is 0.326 e. The Morgan fingerprint density at radius 2 is 1.83 bits per heavy atom. The van der Waals surface area contributed by atoms with Crippen molar-refractivity contribution in [1.82, 2.24) is 10.2 Å². The van der Waals surface area contributed by atoms with Crippen molar-refractivity contribution in [2.24, 2.45) is 0 Å². The highest BCUT2D eigenvalue weighted by Gasteiger charge is 2.23. The molecule has 1 atom stereocenters. The van der Waals surface area contributed by atoms with Crippen molar-refractivity contribution in [3.8, 4) is 0 Å². The van der Waals surface area contributed by atoms with Gasteiger partial charge >= 0.3 is 18.0 Å². The molecule has 0 aliphatic heterocycles. The molecule has 9 heteroatoms. The highest BCUT2D eigenvalue weighted by molar-refractivity contribution is 5.82. The molecule has 3 N–H and O–H groups in total. The van der Waals surface area contributed by atoms with Crippen LogP contribution in [-0.4, -0.2) is 59.1 Å². The average Bonchev–Trinajstić information content (AvgIpc) is 2.21. The van der Waals surface area contributed by atoms with Gasteiger partial charge in [0.05, 0.1) is 6.54 Å². The van der Waals surface area contributed by atoms with E-state index in [1.165, 1.54) is 0 Å². The van der Waals surface area contributed by atoms with Gasteiger partial charge < -0.3 is 20.4 Å². The van der Waals surface area contributed by atoms with E-state index in [0.29, 0.717) is 4.90 Å². The van der Waals surface area contributed by atoms with Gasteiger partial charge in [-0.3, -0.25) is 4.79 Å². The number of aliphatic carboxylic acids is 2. The van der Waals surface area contributed by atoms with Crippen LogP contribution in [0.3, 0.4) is 0 Å². The fraction of sp³-hybridized carbons (Fsp3) is 0.667. The van der Waals surface area contributed by atoms with E-state index in [-0.39, 0.29) is 6.42 Å². The lowest BCUT2D eigenvalue weighted by Gasteiger charge is -2.20. The zero-order chi connectivity index (χ0) is 14.3. The topological polar surface area (TPSA) is 107 Å². The second-order valence-corrected chi connectivity index (χ2v) is 3.54. The lowest BCUT2D eigenvalue weighted by molar-refractivity contribution is -0.140. The van der Waals surface area contributed by atoms with Gasteiger partial charge in [0.2, 0.25) is 0 Å². The van der Waals surface area contributed by atoms with Crippen molar-refractivity contribution in [2.75, 3.05) is 13.6 Å². The number of carbonyl (C=O) groups excluding carboxylic acids is 1. The van der Waals surface area contributed by atoms with Gasteiger partial charge in [0, 0.05) is 13.5 Å². The highest BCUT2D eigenvalue weighted by Crippen LogP contribution is 2.01. The summed E-state index contributed by atoms with van der Waals surface area (Å²) in [7, 11) is 1.08. The quantitative estimate of drug-likeness (QED) is 0.612. The minimum atomic E-state index is -2.73. The molecule has 0 saturated carbocycles. The molecule has 1 unspecified atom stereocenters. The number of nitrogens with one attached hydrogen (secondary N) is 1. The number of carbonyl (C=O) groups is 3. The number of halogens is 2. The number of carboxylic acids is 2. The van der Waals surface area contributed by atoms with Crippen molar-refractivity contribution in [2.45, 2.75) is 25.3 Å². The Morgan fingerprint density at radius 1 is 1.28 bits per heavy atom. The first-order valence-electron chi connectivity index (χ1n) is 4.98. The number of hydrogen-bond acceptors (Lipinski definition) is 3. The van der Waals surface area contributed by atoms with Gasteiger partial charge in [-0.25, -0.2) is 18.4 Å². The molecule has 0 aliphatic carbocycles. The summed E-state index contributed by atoms with van der Waals surface area (Å²) in [4.78, 5) is 32.9. The molecule has 7 nitrogen and oxygen atoms in total. The van der Waals surface area contributed by atoms with E-state index < -0.39 is 43.4 Å². The number of hydrogen-bond donors (Lipinski definition) is 3. The van der Waals surface area contributed by atoms with Crippen LogP contribution in [-0.2, 0) is 9.59 Å². The molecular formula is C9H14F2N2O5. The fourth-order valence-electron chi connectivity index (χ4n) is 1.07. The molecule has 2 amide bonds. The Balaban J connectivity index is 4.35. The second kappa shape index (κ2) is 7.41. The van der Waals surface area contributed by atoms with Crippen molar-refractivity contribution in [3.63, 3.8) is 0 Å². The van der Waals surface area contributed by atoms with E-state index >= 15 is 0 Å². The predicted molar refractivity (Wildman–Crippen MR) is 55.5 cm³/mol. The summed E-state index contributed by atoms with van der Waals surface area (Å²) >= 11 is 0. The number of amides is 2. The molecule has 18 heavy (non-hydrogen) atoms. The first kappa shape index (κ1) is 16.1. The van der Waals surface area contributed by atoms with E-state index in [1.807, 2.05) is 5.32 Å². The van der Waals surface area contributed by atoms with Crippen LogP contribution in [0, 0.1) is 0 Å². The molecular weight excluding hydrogens is 254 g/mol. The predicted octanol–water partition coefficient (Wildman–Crippen LogP) is 0.211. The van der Waals surface area contributed by atoms with Crippen LogP contribution >= 0.6 is 0 Å². The Hall–Kier alpha value is -1.93. The molecule has 0 radical (unpaired) electrons. The maximum absolute atomic E-state index is 12.0. The number of carboxylic acid groups (broad SMARTS) is 2. The van der Waals surface area contributed by atoms with E-state index in [0.717, 1.165) is 7.05 Å². The van der Waals surface area contributed by atoms with Crippen molar-refractivity contribution in [1.29, 1.82) is 0 Å². The van der Waals surface area contributed by atoms with Gasteiger partial charge in [-0.05, 0) is 6.42 Å². The molecule has 0 aromatic heterocycles. The number of urea groups is 1. The maximum Gasteiger partial charge on any atom is 0.326 e. The number of alkyl halides is 2. The molecule has 0 saturated heterocycles. The Bertz CT molecular complexity index is 324. The third kappa shape index (κ3) is 6.61. The van der Waals surface area contributed by atoms with Crippen LogP contribution in [0.2, 0.25) is 0 Å². The molecule has 104 valence electrons. The molecule has 0 aromatic carbocycles. The third-order valence-corrected chi connectivity index (χ3v) is 2.00. The lowest BCUT2D eigenvalue weighted by atomic mass is 10.1. The Labute approximate surface area is 101 Å². The number of nitrogens with zero attached hydrogens (tertiary/aromatic N) is 1. The largest absolute Gasteiger partial charge is 0.481 e. The Kier molecular flexibility index (Phi) is 6.61. The molecule has 0 spiro atoms. The minimum Gasteiger partial charge on any atom is -0.481 e. The zero-order valence-electron chi connectivity index (χ0n) is 9.60. The van der Waals surface area contributed by atoms with Gasteiger partial charge in [0.25, 0.3) is 6.43 Å². The van der Waals surface area contributed by atoms with Gasteiger partial charge in [-0.1, -0.05) is 0 Å². The van der Waals surface area contributed by atoms with Crippen LogP contribution in [0.25, 0.3) is 0 Å². The zero-order valence-corrected chi connectivity index (χ0v) is 9.60. The van der Waals surface area contributed by atoms with Crippen molar-refractivity contribution >= 4 is 18.0 Å². The van der Waals surface area contributed by atoms with Gasteiger partial charge in [-0.15, -0.1) is 0 Å². The average molecular weight is 268 g/mol. The summed E-state index contributed by atoms with van der Waals surface area (Å²) in [5.41, 5.74) is 0. The lowest BCUT2D eigenvalue weighted by Crippen LogP contribution is -2.47. The van der Waals surface area contributed by atoms with Crippen LogP contribution in [0.1, 0.15) is 12.8 Å². The van der Waals surface area contributed by atoms with E-state index in [1.54, 1.807) is 0 Å². The maximum atomic E-state index is 12.0. The summed E-state index contributed by atoms with van der Waals surface area (Å²) < 4.78 is 24.0. The first-order valence-corrected chi connectivity index (χ1v) is 4.98. The summed E-state index contributed by atoms with van der Waals surface area (Å²) in [6.07, 6.45) is -3.50. The van der Waals surface area contributed by atoms with Gasteiger partial charge in [0.1, 0.15) is 6.04 Å². The molecule has 0 rings (SSSR count). The monoisotopic (exact) mass is 268 g/mol. The van der Waals surface area contributed by atoms with E-state index in [4.69, 9.17) is 10.2 Å². The standard InChI is InChI=1S/C9H14F2N2O5/c1-13(4-6(10)11)9(18)12-5(8(16)17)2-3-7(14)15/h5-6H,2-4H2,1H3,(H,12,18)(H,14,15)(H,16,17). The van der Waals surface area contributed by atoms with Crippen LogP contribution in [0.15, 0.2) is 0 Å². The fourth-order valence-corrected chi connectivity index (χ4v) is 1.07. The summed E-state index contributed by atoms with van der Waals surface area (Å²) in [6, 6.07) is -2.41. The van der Waals surface area contributed by atoms with Gasteiger partial charge in [0.15, 0.2) is 0 Å². The van der Waals surface area contributed by atoms with Crippen LogP contribution in [0.5, 0.6) is 0 Å². The summed E-state index contributed by atoms with van der Waals surface area (Å²) in [5, 5.41) is 19.1. The highest BCUT2D eigenvalue weighted by atomic mass is 19.3.